The van der Waals surface area contributed by atoms with E-state index in [1.165, 1.54) is 22.3 Å². The fourth-order valence-corrected chi connectivity index (χ4v) is 18.9. The van der Waals surface area contributed by atoms with Crippen LogP contribution >= 0.6 is 23.2 Å². The molecule has 2 spiro atoms. The van der Waals surface area contributed by atoms with Gasteiger partial charge in [0.05, 0.1) is 47.9 Å². The zero-order valence-electron chi connectivity index (χ0n) is 53.2. The molecule has 0 aromatic heterocycles. The predicted molar refractivity (Wildman–Crippen MR) is 369 cm³/mol. The maximum Gasteiger partial charge on any atom is 0.335 e. The van der Waals surface area contributed by atoms with Crippen molar-refractivity contribution >= 4 is 66.6 Å². The SMILES string of the molecule is C[C@@H](C/C=C/[C@H](O)[C@@H]1CC[C@H]1CN1C[C@@]2(CCCc3cc(Cl)ccc32)COc2ccc(C(=O)O)cc21)[C@@H](c1ccccc1)S(N)(=O)=O.C[C@@H](C/C=C/[C@H](O)[C@@H]1CC[C@H]1CN1C[C@@]2(CCCc3cc(Cl)ccc32)COc2ccc(C(=O)O)cc21)[C@H](c1ccccc1)S(N)(=O)=O. The third-order valence-corrected chi connectivity index (χ3v) is 24.3. The average molecular weight is 1360 g/mol. The number of anilines is 2. The van der Waals surface area contributed by atoms with Gasteiger partial charge in [-0.05, 0) is 207 Å². The van der Waals surface area contributed by atoms with Crippen molar-refractivity contribution in [2.45, 2.75) is 124 Å². The summed E-state index contributed by atoms with van der Waals surface area (Å²) in [5.74, 6) is -0.806. The lowest BCUT2D eigenvalue weighted by atomic mass is 9.68. The summed E-state index contributed by atoms with van der Waals surface area (Å²) >= 11 is 12.8. The summed E-state index contributed by atoms with van der Waals surface area (Å²) in [6.07, 6.45) is 16.3. The van der Waals surface area contributed by atoms with Crippen LogP contribution in [0.15, 0.2) is 158 Å². The van der Waals surface area contributed by atoms with E-state index in [2.05, 4.69) is 34.1 Å². The minimum absolute atomic E-state index is 0.0217. The number of aliphatic hydroxyl groups excluding tert-OH is 2. The van der Waals surface area contributed by atoms with Crippen LogP contribution in [-0.4, -0.2) is 101 Å². The lowest BCUT2D eigenvalue weighted by molar-refractivity contribution is 0.0454. The first kappa shape index (κ1) is 68.6. The summed E-state index contributed by atoms with van der Waals surface area (Å²) in [5, 5.41) is 53.2. The smallest absolute Gasteiger partial charge is 0.335 e. The molecule has 8 N–H and O–H groups in total. The first-order valence-electron chi connectivity index (χ1n) is 32.8. The number of allylic oxidation sites excluding steroid dienone is 2. The number of hydrogen-bond donors (Lipinski definition) is 6. The number of benzene rings is 6. The summed E-state index contributed by atoms with van der Waals surface area (Å²) in [6.45, 7) is 7.33. The van der Waals surface area contributed by atoms with Crippen molar-refractivity contribution in [1.82, 2.24) is 0 Å². The van der Waals surface area contributed by atoms with E-state index in [4.69, 9.17) is 43.0 Å². The number of primary sulfonamides is 2. The third-order valence-electron chi connectivity index (χ3n) is 21.0. The van der Waals surface area contributed by atoms with E-state index in [1.807, 2.05) is 50.3 Å². The monoisotopic (exact) mass is 1360 g/mol. The summed E-state index contributed by atoms with van der Waals surface area (Å²) < 4.78 is 62.9. The number of nitrogens with two attached hydrogens (primary N) is 2. The van der Waals surface area contributed by atoms with Crippen molar-refractivity contribution in [2.24, 2.45) is 45.8 Å². The summed E-state index contributed by atoms with van der Waals surface area (Å²) in [5.41, 5.74) is 7.63. The van der Waals surface area contributed by atoms with Crippen molar-refractivity contribution in [3.05, 3.63) is 212 Å². The Morgan fingerprint density at radius 2 is 0.968 bits per heavy atom. The van der Waals surface area contributed by atoms with Crippen molar-refractivity contribution < 1.29 is 56.3 Å². The van der Waals surface area contributed by atoms with Gasteiger partial charge in [0.2, 0.25) is 20.0 Å². The summed E-state index contributed by atoms with van der Waals surface area (Å²) in [6, 6.07) is 40.4. The second-order valence-electron chi connectivity index (χ2n) is 27.3. The highest BCUT2D eigenvalue weighted by atomic mass is 35.5. The second kappa shape index (κ2) is 28.9. The van der Waals surface area contributed by atoms with Gasteiger partial charge in [0.25, 0.3) is 0 Å². The van der Waals surface area contributed by atoms with Gasteiger partial charge >= 0.3 is 11.9 Å². The van der Waals surface area contributed by atoms with Gasteiger partial charge in [-0.1, -0.05) is 134 Å². The maximum atomic E-state index is 12.5. The van der Waals surface area contributed by atoms with Crippen LogP contribution < -0.4 is 29.6 Å². The minimum atomic E-state index is -3.83. The number of fused-ring (bicyclic) bond motifs is 6. The summed E-state index contributed by atoms with van der Waals surface area (Å²) in [7, 11) is -7.65. The first-order chi connectivity index (χ1) is 44.9. The summed E-state index contributed by atoms with van der Waals surface area (Å²) in [4.78, 5) is 28.5. The van der Waals surface area contributed by atoms with E-state index in [-0.39, 0.29) is 57.5 Å². The van der Waals surface area contributed by atoms with Gasteiger partial charge in [0, 0.05) is 47.1 Å². The van der Waals surface area contributed by atoms with E-state index in [0.717, 1.165) is 85.6 Å². The zero-order valence-corrected chi connectivity index (χ0v) is 56.3. The number of carbonyl (C=O) groups is 2. The number of sulfonamides is 2. The van der Waals surface area contributed by atoms with Crippen molar-refractivity contribution in [3.63, 3.8) is 0 Å². The van der Waals surface area contributed by atoms with Gasteiger partial charge in [0.15, 0.2) is 0 Å². The molecule has 6 aromatic rings. The maximum absolute atomic E-state index is 12.5. The van der Waals surface area contributed by atoms with Crippen molar-refractivity contribution in [1.29, 1.82) is 0 Å². The van der Waals surface area contributed by atoms with Gasteiger partial charge in [0.1, 0.15) is 22.0 Å². The molecule has 94 heavy (non-hydrogen) atoms. The lowest BCUT2D eigenvalue weighted by Gasteiger charge is -2.45. The second-order valence-corrected chi connectivity index (χ2v) is 31.5. The fourth-order valence-electron chi connectivity index (χ4n) is 16.0. The van der Waals surface area contributed by atoms with Gasteiger partial charge in [-0.15, -0.1) is 0 Å². The molecule has 0 unspecified atom stereocenters. The molecule has 500 valence electrons. The highest BCUT2D eigenvalue weighted by Crippen LogP contribution is 2.50. The number of aliphatic hydroxyl groups is 2. The number of nitrogens with zero attached hydrogens (tertiary/aromatic N) is 2. The third kappa shape index (κ3) is 15.2. The van der Waals surface area contributed by atoms with Crippen LogP contribution in [0.1, 0.15) is 143 Å². The zero-order chi connectivity index (χ0) is 66.7. The van der Waals surface area contributed by atoms with E-state index in [1.54, 1.807) is 97.1 Å². The molecular formula is C74H86Cl2N4O12S2. The Kier molecular flexibility index (Phi) is 21.1. The molecule has 0 saturated heterocycles. The molecule has 12 atom stereocenters. The Morgan fingerprint density at radius 1 is 0.574 bits per heavy atom. The normalized spacial score (nSPS) is 24.4. The molecule has 4 aliphatic carbocycles. The predicted octanol–water partition coefficient (Wildman–Crippen LogP) is 13.0. The molecule has 6 aliphatic rings. The Hall–Kier alpha value is -6.74. The van der Waals surface area contributed by atoms with Crippen LogP contribution in [-0.2, 0) is 43.7 Å². The quantitative estimate of drug-likeness (QED) is 0.0389. The largest absolute Gasteiger partial charge is 0.490 e. The van der Waals surface area contributed by atoms with Crippen LogP contribution in [0.3, 0.4) is 0 Å². The molecule has 16 nitrogen and oxygen atoms in total. The fraction of sp³-hybridized carbons (Fsp3) is 0.432. The number of aryl methyl sites for hydroxylation is 2. The highest BCUT2D eigenvalue weighted by molar-refractivity contribution is 7.89. The Labute approximate surface area is 562 Å². The molecule has 2 saturated carbocycles. The average Bonchev–Trinajstić information content (AvgIpc) is 1.47. The van der Waals surface area contributed by atoms with E-state index in [9.17, 15) is 46.9 Å². The molecule has 12 rings (SSSR count). The van der Waals surface area contributed by atoms with Crippen molar-refractivity contribution in [2.75, 3.05) is 49.2 Å². The Balaban J connectivity index is 0.000000192. The van der Waals surface area contributed by atoms with Gasteiger partial charge in [-0.25, -0.2) is 36.7 Å². The van der Waals surface area contributed by atoms with Gasteiger partial charge in [-0.2, -0.15) is 0 Å². The number of aromatic carboxylic acids is 2. The van der Waals surface area contributed by atoms with Gasteiger partial charge < -0.3 is 39.7 Å². The van der Waals surface area contributed by atoms with Crippen molar-refractivity contribution in [3.8, 4) is 11.5 Å². The molecule has 2 heterocycles. The van der Waals surface area contributed by atoms with E-state index in [0.29, 0.717) is 74.9 Å². The molecule has 0 radical (unpaired) electrons. The standard InChI is InChI=1S/2C37H43ClN2O6S/c2*1-24(35(47(39,44)45)25-8-3-2-4-9-25)7-5-11-33(41)30-15-12-28(30)21-40-22-37(18-6-10-26-19-29(38)14-16-31(26)37)23-46-34-17-13-27(36(42)43)20-32(34)40/h2*2-5,8-9,11,13-14,16-17,19-20,24,28,30,33,35,41H,6-7,10,12,15,18,21-23H2,1H3,(H,42,43)(H2,39,44,45)/b2*11-5+/t24-,28-,30+,33-,35+,37-;24-,28-,30+,33-,35-,37-/m00/s1. The molecular weight excluding hydrogens is 1270 g/mol. The highest BCUT2D eigenvalue weighted by Gasteiger charge is 2.47. The van der Waals surface area contributed by atoms with Crippen LogP contribution in [0.4, 0.5) is 11.4 Å². The number of hydrogen-bond acceptors (Lipinski definition) is 12. The Morgan fingerprint density at radius 3 is 1.32 bits per heavy atom. The van der Waals surface area contributed by atoms with Crippen LogP contribution in [0, 0.1) is 35.5 Å². The molecule has 20 heteroatoms. The molecule has 6 aromatic carbocycles. The molecule has 2 aliphatic heterocycles. The number of rotatable bonds is 20. The van der Waals surface area contributed by atoms with Gasteiger partial charge in [-0.3, -0.25) is 0 Å². The number of halogens is 2. The number of carboxylic acid groups (broad SMARTS) is 2. The Bertz CT molecular complexity index is 3750. The van der Waals surface area contributed by atoms with E-state index >= 15 is 0 Å². The van der Waals surface area contributed by atoms with E-state index < -0.39 is 54.7 Å². The topological polar surface area (TPSA) is 260 Å². The van der Waals surface area contributed by atoms with Crippen LogP contribution in [0.5, 0.6) is 11.5 Å². The van der Waals surface area contributed by atoms with Crippen LogP contribution in [0.2, 0.25) is 10.0 Å². The molecule has 2 fully saturated rings. The number of ether oxygens (including phenoxy) is 2. The minimum Gasteiger partial charge on any atom is -0.490 e. The molecule has 0 bridgehead atoms. The molecule has 0 amide bonds. The number of carboxylic acids is 2. The van der Waals surface area contributed by atoms with Crippen LogP contribution in [0.25, 0.3) is 0 Å². The lowest BCUT2D eigenvalue weighted by Crippen LogP contribution is -2.49. The first-order valence-corrected chi connectivity index (χ1v) is 36.8.